The third-order valence-electron chi connectivity index (χ3n) is 7.32. The van der Waals surface area contributed by atoms with Crippen molar-refractivity contribution < 1.29 is 33.4 Å². The molecule has 3 N–H and O–H groups in total. The standard InChI is InChI=1S/C30H38N4O7/c1-4-19(2)27-30(38)34(3)13-14-39-23-8-6-5-7-21(23)28(36)32-22(18-26(35)33-27)29(37)31-12-11-20-9-10-24-25(17-20)41-16-15-40-24/h5-10,17,19,22,27H,4,11-16,18H2,1-3H3,(H,31,37)(H,32,36)(H,33,35)/t19-,22-,27-/m0/s1. The van der Waals surface area contributed by atoms with Crippen LogP contribution < -0.4 is 30.2 Å². The number of para-hydroxylation sites is 1. The second kappa shape index (κ2) is 13.9. The number of carbonyl (C=O) groups excluding carboxylic acids is 4. The van der Waals surface area contributed by atoms with Crippen molar-refractivity contribution in [2.75, 3.05) is 40.0 Å². The van der Waals surface area contributed by atoms with Gasteiger partial charge in [-0.2, -0.15) is 0 Å². The maximum absolute atomic E-state index is 13.3. The Morgan fingerprint density at radius 1 is 1.00 bits per heavy atom. The molecule has 0 bridgehead atoms. The van der Waals surface area contributed by atoms with Crippen LogP contribution in [0.25, 0.3) is 0 Å². The van der Waals surface area contributed by atoms with E-state index in [0.29, 0.717) is 43.3 Å². The molecule has 4 rings (SSSR count). The summed E-state index contributed by atoms with van der Waals surface area (Å²) in [5.74, 6) is -0.286. The third kappa shape index (κ3) is 7.68. The van der Waals surface area contributed by atoms with Gasteiger partial charge in [-0.15, -0.1) is 0 Å². The van der Waals surface area contributed by atoms with E-state index < -0.39 is 29.8 Å². The Morgan fingerprint density at radius 3 is 2.51 bits per heavy atom. The lowest BCUT2D eigenvalue weighted by molar-refractivity contribution is -0.137. The van der Waals surface area contributed by atoms with Crippen LogP contribution >= 0.6 is 0 Å². The van der Waals surface area contributed by atoms with Crippen molar-refractivity contribution in [2.24, 2.45) is 5.92 Å². The molecule has 0 fully saturated rings. The second-order valence-electron chi connectivity index (χ2n) is 10.3. The highest BCUT2D eigenvalue weighted by atomic mass is 16.6. The van der Waals surface area contributed by atoms with Gasteiger partial charge in [0, 0.05) is 13.6 Å². The van der Waals surface area contributed by atoms with Crippen molar-refractivity contribution in [3.8, 4) is 17.2 Å². The Kier molecular flexibility index (Phi) is 10.0. The third-order valence-corrected chi connectivity index (χ3v) is 7.32. The Morgan fingerprint density at radius 2 is 1.73 bits per heavy atom. The van der Waals surface area contributed by atoms with E-state index in [1.165, 1.54) is 4.90 Å². The minimum atomic E-state index is -1.18. The van der Waals surface area contributed by atoms with Gasteiger partial charge in [-0.25, -0.2) is 0 Å². The molecule has 0 aromatic heterocycles. The molecule has 220 valence electrons. The highest BCUT2D eigenvalue weighted by Crippen LogP contribution is 2.30. The zero-order valence-electron chi connectivity index (χ0n) is 23.7. The van der Waals surface area contributed by atoms with Crippen molar-refractivity contribution in [1.82, 2.24) is 20.9 Å². The Balaban J connectivity index is 1.51. The van der Waals surface area contributed by atoms with Gasteiger partial charge in [0.2, 0.25) is 17.7 Å². The molecule has 11 nitrogen and oxygen atoms in total. The molecule has 0 saturated carbocycles. The first-order chi connectivity index (χ1) is 19.8. The molecule has 11 heteroatoms. The monoisotopic (exact) mass is 566 g/mol. The summed E-state index contributed by atoms with van der Waals surface area (Å²) in [7, 11) is 1.65. The average Bonchev–Trinajstić information content (AvgIpc) is 2.98. The molecule has 41 heavy (non-hydrogen) atoms. The fourth-order valence-electron chi connectivity index (χ4n) is 4.66. The number of likely N-dealkylation sites (N-methyl/N-ethyl adjacent to an activating group) is 1. The minimum Gasteiger partial charge on any atom is -0.491 e. The molecule has 3 atom stereocenters. The highest BCUT2D eigenvalue weighted by Gasteiger charge is 2.32. The maximum Gasteiger partial charge on any atom is 0.255 e. The predicted molar refractivity (Wildman–Crippen MR) is 151 cm³/mol. The normalized spacial score (nSPS) is 20.5. The first kappa shape index (κ1) is 29.7. The van der Waals surface area contributed by atoms with E-state index in [0.717, 1.165) is 5.56 Å². The van der Waals surface area contributed by atoms with Crippen LogP contribution in [0.5, 0.6) is 17.2 Å². The summed E-state index contributed by atoms with van der Waals surface area (Å²) in [5.41, 5.74) is 1.16. The van der Waals surface area contributed by atoms with Crippen LogP contribution in [0.1, 0.15) is 42.6 Å². The molecule has 0 radical (unpaired) electrons. The van der Waals surface area contributed by atoms with E-state index >= 15 is 0 Å². The smallest absolute Gasteiger partial charge is 0.255 e. The first-order valence-electron chi connectivity index (χ1n) is 14.0. The van der Waals surface area contributed by atoms with Gasteiger partial charge < -0.3 is 35.1 Å². The lowest BCUT2D eigenvalue weighted by Crippen LogP contribution is -2.54. The fraction of sp³-hybridized carbons (Fsp3) is 0.467. The minimum absolute atomic E-state index is 0.142. The number of hydrogen-bond donors (Lipinski definition) is 3. The van der Waals surface area contributed by atoms with Crippen molar-refractivity contribution in [3.05, 3.63) is 53.6 Å². The summed E-state index contributed by atoms with van der Waals surface area (Å²) in [5, 5.41) is 8.33. The van der Waals surface area contributed by atoms with Gasteiger partial charge in [0.1, 0.15) is 37.7 Å². The Hall–Kier alpha value is -4.28. The van der Waals surface area contributed by atoms with Crippen LogP contribution in [0.3, 0.4) is 0 Å². The number of ether oxygens (including phenoxy) is 3. The van der Waals surface area contributed by atoms with Crippen molar-refractivity contribution in [2.45, 2.75) is 45.2 Å². The predicted octanol–water partition coefficient (Wildman–Crippen LogP) is 1.69. The molecule has 2 aliphatic heterocycles. The van der Waals surface area contributed by atoms with Crippen LogP contribution in [0.2, 0.25) is 0 Å². The SMILES string of the molecule is CC[C@H](C)[C@@H]1NC(=O)C[C@@H](C(=O)NCCc2ccc3c(c2)OCCO3)NC(=O)c2ccccc2OCCN(C)C1=O. The number of hydrogen-bond acceptors (Lipinski definition) is 7. The quantitative estimate of drug-likeness (QED) is 0.484. The second-order valence-corrected chi connectivity index (χ2v) is 10.3. The summed E-state index contributed by atoms with van der Waals surface area (Å²) in [6.07, 6.45) is 0.826. The van der Waals surface area contributed by atoms with E-state index in [1.54, 1.807) is 31.3 Å². The largest absolute Gasteiger partial charge is 0.491 e. The van der Waals surface area contributed by atoms with Gasteiger partial charge in [0.05, 0.1) is 18.5 Å². The molecule has 2 aliphatic rings. The molecule has 2 heterocycles. The van der Waals surface area contributed by atoms with Gasteiger partial charge >= 0.3 is 0 Å². The molecular formula is C30H38N4O7. The fourth-order valence-corrected chi connectivity index (χ4v) is 4.66. The molecule has 2 aromatic carbocycles. The van der Waals surface area contributed by atoms with Crippen LogP contribution in [0.4, 0.5) is 0 Å². The number of rotatable bonds is 6. The molecule has 0 spiro atoms. The zero-order chi connectivity index (χ0) is 29.4. The number of benzene rings is 2. The van der Waals surface area contributed by atoms with E-state index in [-0.39, 0.29) is 43.5 Å². The summed E-state index contributed by atoms with van der Waals surface area (Å²) >= 11 is 0. The maximum atomic E-state index is 13.3. The lowest BCUT2D eigenvalue weighted by Gasteiger charge is -2.29. The van der Waals surface area contributed by atoms with Crippen molar-refractivity contribution in [3.63, 3.8) is 0 Å². The van der Waals surface area contributed by atoms with E-state index in [9.17, 15) is 19.2 Å². The van der Waals surface area contributed by atoms with Gasteiger partial charge in [-0.05, 0) is 42.2 Å². The molecule has 0 aliphatic carbocycles. The number of fused-ring (bicyclic) bond motifs is 2. The van der Waals surface area contributed by atoms with Crippen LogP contribution in [0, 0.1) is 5.92 Å². The number of carbonyl (C=O) groups is 4. The Bertz CT molecular complexity index is 1270. The average molecular weight is 567 g/mol. The summed E-state index contributed by atoms with van der Waals surface area (Å²) in [4.78, 5) is 54.5. The van der Waals surface area contributed by atoms with Crippen LogP contribution in [0.15, 0.2) is 42.5 Å². The summed E-state index contributed by atoms with van der Waals surface area (Å²) in [6, 6.07) is 10.3. The van der Waals surface area contributed by atoms with Crippen molar-refractivity contribution >= 4 is 23.6 Å². The molecule has 0 unspecified atom stereocenters. The van der Waals surface area contributed by atoms with Gasteiger partial charge in [0.25, 0.3) is 5.91 Å². The van der Waals surface area contributed by atoms with E-state index in [1.807, 2.05) is 32.0 Å². The van der Waals surface area contributed by atoms with Crippen LogP contribution in [-0.4, -0.2) is 80.6 Å². The van der Waals surface area contributed by atoms with Crippen LogP contribution in [-0.2, 0) is 20.8 Å². The topological polar surface area (TPSA) is 135 Å². The number of nitrogens with one attached hydrogen (secondary N) is 3. The number of amides is 4. The highest BCUT2D eigenvalue weighted by molar-refractivity contribution is 6.01. The van der Waals surface area contributed by atoms with Gasteiger partial charge in [0.15, 0.2) is 11.5 Å². The summed E-state index contributed by atoms with van der Waals surface area (Å²) < 4.78 is 17.0. The number of nitrogens with zero attached hydrogens (tertiary/aromatic N) is 1. The molecular weight excluding hydrogens is 528 g/mol. The molecule has 4 amide bonds. The molecule has 0 saturated heterocycles. The Labute approximate surface area is 239 Å². The first-order valence-corrected chi connectivity index (χ1v) is 14.0. The van der Waals surface area contributed by atoms with Crippen molar-refractivity contribution in [1.29, 1.82) is 0 Å². The van der Waals surface area contributed by atoms with E-state index in [2.05, 4.69) is 16.0 Å². The zero-order valence-corrected chi connectivity index (χ0v) is 23.7. The van der Waals surface area contributed by atoms with Gasteiger partial charge in [-0.1, -0.05) is 38.5 Å². The molecule has 2 aromatic rings. The lowest BCUT2D eigenvalue weighted by atomic mass is 9.97. The van der Waals surface area contributed by atoms with Gasteiger partial charge in [-0.3, -0.25) is 19.2 Å². The van der Waals surface area contributed by atoms with E-state index in [4.69, 9.17) is 14.2 Å². The summed E-state index contributed by atoms with van der Waals surface area (Å²) in [6.45, 7) is 5.49.